The second-order valence-corrected chi connectivity index (χ2v) is 5.62. The van der Waals surface area contributed by atoms with E-state index in [0.29, 0.717) is 19.8 Å². The fourth-order valence-electron chi connectivity index (χ4n) is 2.37. The Morgan fingerprint density at radius 1 is 1.35 bits per heavy atom. The van der Waals surface area contributed by atoms with E-state index in [1.807, 2.05) is 6.92 Å². The Balaban J connectivity index is 2.23. The molecule has 4 nitrogen and oxygen atoms in total. The molecule has 0 aromatic heterocycles. The number of rotatable bonds is 7. The summed E-state index contributed by atoms with van der Waals surface area (Å²) in [5.41, 5.74) is 0.221. The third kappa shape index (κ3) is 4.92. The molecule has 0 saturated carbocycles. The zero-order chi connectivity index (χ0) is 12.9. The van der Waals surface area contributed by atoms with Crippen molar-refractivity contribution in [3.63, 3.8) is 0 Å². The fraction of sp³-hybridized carbons (Fsp3) is 1.00. The van der Waals surface area contributed by atoms with E-state index in [0.717, 1.165) is 6.54 Å². The van der Waals surface area contributed by atoms with Gasteiger partial charge >= 0.3 is 0 Å². The predicted molar refractivity (Wildman–Crippen MR) is 68.2 cm³/mol. The van der Waals surface area contributed by atoms with Crippen LogP contribution in [-0.2, 0) is 9.47 Å². The van der Waals surface area contributed by atoms with Crippen molar-refractivity contribution in [2.75, 3.05) is 33.4 Å². The maximum Gasteiger partial charge on any atom is 0.0900 e. The van der Waals surface area contributed by atoms with E-state index < -0.39 is 6.10 Å². The SMILES string of the molecule is COCC(C)OCC(O)CN1CCCC1(C)C. The van der Waals surface area contributed by atoms with Gasteiger partial charge in [0.1, 0.15) is 0 Å². The van der Waals surface area contributed by atoms with Gasteiger partial charge in [-0.1, -0.05) is 0 Å². The molecule has 0 aromatic carbocycles. The number of aliphatic hydroxyl groups excluding tert-OH is 1. The summed E-state index contributed by atoms with van der Waals surface area (Å²) in [5.74, 6) is 0. The van der Waals surface area contributed by atoms with Crippen LogP contribution in [0.1, 0.15) is 33.6 Å². The Kier molecular flexibility index (Phi) is 5.86. The summed E-state index contributed by atoms with van der Waals surface area (Å²) < 4.78 is 10.5. The van der Waals surface area contributed by atoms with Crippen molar-refractivity contribution in [3.05, 3.63) is 0 Å². The van der Waals surface area contributed by atoms with E-state index in [9.17, 15) is 5.11 Å². The highest BCUT2D eigenvalue weighted by atomic mass is 16.5. The number of ether oxygens (including phenoxy) is 2. The van der Waals surface area contributed by atoms with Crippen molar-refractivity contribution in [1.82, 2.24) is 4.90 Å². The highest BCUT2D eigenvalue weighted by Gasteiger charge is 2.32. The maximum atomic E-state index is 9.95. The van der Waals surface area contributed by atoms with Gasteiger partial charge in [0.05, 0.1) is 25.4 Å². The van der Waals surface area contributed by atoms with Gasteiger partial charge in [-0.15, -0.1) is 0 Å². The highest BCUT2D eigenvalue weighted by Crippen LogP contribution is 2.27. The number of hydrogen-bond donors (Lipinski definition) is 1. The van der Waals surface area contributed by atoms with Crippen LogP contribution in [0.4, 0.5) is 0 Å². The molecule has 17 heavy (non-hydrogen) atoms. The summed E-state index contributed by atoms with van der Waals surface area (Å²) >= 11 is 0. The van der Waals surface area contributed by atoms with Gasteiger partial charge in [-0.2, -0.15) is 0 Å². The van der Waals surface area contributed by atoms with Gasteiger partial charge in [-0.25, -0.2) is 0 Å². The van der Waals surface area contributed by atoms with E-state index in [-0.39, 0.29) is 11.6 Å². The first-order chi connectivity index (χ1) is 7.95. The molecule has 0 amide bonds. The summed E-state index contributed by atoms with van der Waals surface area (Å²) in [6.07, 6.45) is 2.06. The second kappa shape index (κ2) is 6.69. The van der Waals surface area contributed by atoms with Gasteiger partial charge in [0.15, 0.2) is 0 Å². The largest absolute Gasteiger partial charge is 0.389 e. The molecule has 4 heteroatoms. The van der Waals surface area contributed by atoms with Crippen LogP contribution in [0.15, 0.2) is 0 Å². The van der Waals surface area contributed by atoms with Crippen molar-refractivity contribution in [3.8, 4) is 0 Å². The summed E-state index contributed by atoms with van der Waals surface area (Å²) in [7, 11) is 1.66. The molecule has 0 aliphatic carbocycles. The molecule has 1 saturated heterocycles. The van der Waals surface area contributed by atoms with Crippen molar-refractivity contribution in [2.24, 2.45) is 0 Å². The number of likely N-dealkylation sites (tertiary alicyclic amines) is 1. The van der Waals surface area contributed by atoms with Gasteiger partial charge in [0.25, 0.3) is 0 Å². The number of aliphatic hydroxyl groups is 1. The summed E-state index contributed by atoms with van der Waals surface area (Å²) in [6, 6.07) is 0. The van der Waals surface area contributed by atoms with Gasteiger partial charge in [-0.3, -0.25) is 4.90 Å². The van der Waals surface area contributed by atoms with Crippen molar-refractivity contribution >= 4 is 0 Å². The van der Waals surface area contributed by atoms with Crippen LogP contribution in [-0.4, -0.2) is 61.2 Å². The number of methoxy groups -OCH3 is 1. The van der Waals surface area contributed by atoms with E-state index >= 15 is 0 Å². The molecular formula is C13H27NO3. The molecule has 1 heterocycles. The monoisotopic (exact) mass is 245 g/mol. The molecule has 2 atom stereocenters. The van der Waals surface area contributed by atoms with Crippen molar-refractivity contribution < 1.29 is 14.6 Å². The molecule has 102 valence electrons. The first-order valence-corrected chi connectivity index (χ1v) is 6.49. The standard InChI is InChI=1S/C13H27NO3/c1-11(9-16-4)17-10-12(15)8-14-7-5-6-13(14,2)3/h11-12,15H,5-10H2,1-4H3. The van der Waals surface area contributed by atoms with E-state index in [1.165, 1.54) is 12.8 Å². The van der Waals surface area contributed by atoms with Crippen LogP contribution >= 0.6 is 0 Å². The summed E-state index contributed by atoms with van der Waals surface area (Å²) in [5, 5.41) is 9.95. The molecule has 1 rings (SSSR count). The molecular weight excluding hydrogens is 218 g/mol. The Hall–Kier alpha value is -0.160. The Morgan fingerprint density at radius 3 is 2.59 bits per heavy atom. The second-order valence-electron chi connectivity index (χ2n) is 5.62. The van der Waals surface area contributed by atoms with Gasteiger partial charge in [0.2, 0.25) is 0 Å². The minimum atomic E-state index is -0.410. The lowest BCUT2D eigenvalue weighted by molar-refractivity contribution is -0.0440. The van der Waals surface area contributed by atoms with Crippen LogP contribution in [0.25, 0.3) is 0 Å². The van der Waals surface area contributed by atoms with Crippen LogP contribution in [0.5, 0.6) is 0 Å². The van der Waals surface area contributed by atoms with Crippen molar-refractivity contribution in [2.45, 2.75) is 51.4 Å². The Labute approximate surface area is 105 Å². The zero-order valence-corrected chi connectivity index (χ0v) is 11.6. The smallest absolute Gasteiger partial charge is 0.0900 e. The van der Waals surface area contributed by atoms with Crippen LogP contribution < -0.4 is 0 Å². The molecule has 2 unspecified atom stereocenters. The first kappa shape index (κ1) is 14.9. The molecule has 0 bridgehead atoms. The van der Waals surface area contributed by atoms with Gasteiger partial charge in [-0.05, 0) is 40.2 Å². The molecule has 1 N–H and O–H groups in total. The van der Waals surface area contributed by atoms with Crippen molar-refractivity contribution in [1.29, 1.82) is 0 Å². The lowest BCUT2D eigenvalue weighted by Gasteiger charge is -2.33. The quantitative estimate of drug-likeness (QED) is 0.733. The zero-order valence-electron chi connectivity index (χ0n) is 11.6. The summed E-state index contributed by atoms with van der Waals surface area (Å²) in [6.45, 7) is 9.17. The third-order valence-corrected chi connectivity index (χ3v) is 3.48. The molecule has 0 aromatic rings. The topological polar surface area (TPSA) is 41.9 Å². The van der Waals surface area contributed by atoms with E-state index in [1.54, 1.807) is 7.11 Å². The third-order valence-electron chi connectivity index (χ3n) is 3.48. The normalized spacial score (nSPS) is 23.8. The minimum Gasteiger partial charge on any atom is -0.389 e. The molecule has 0 radical (unpaired) electrons. The molecule has 0 spiro atoms. The minimum absolute atomic E-state index is 0.0428. The lowest BCUT2D eigenvalue weighted by Crippen LogP contribution is -2.44. The molecule has 1 fully saturated rings. The predicted octanol–water partition coefficient (Wildman–Crippen LogP) is 1.27. The van der Waals surface area contributed by atoms with Gasteiger partial charge in [0, 0.05) is 19.2 Å². The summed E-state index contributed by atoms with van der Waals surface area (Å²) in [4.78, 5) is 2.35. The Morgan fingerprint density at radius 2 is 2.06 bits per heavy atom. The fourth-order valence-corrected chi connectivity index (χ4v) is 2.37. The molecule has 1 aliphatic heterocycles. The van der Waals surface area contributed by atoms with Crippen LogP contribution in [0.2, 0.25) is 0 Å². The number of hydrogen-bond acceptors (Lipinski definition) is 4. The average molecular weight is 245 g/mol. The first-order valence-electron chi connectivity index (χ1n) is 6.49. The van der Waals surface area contributed by atoms with Crippen LogP contribution in [0.3, 0.4) is 0 Å². The average Bonchev–Trinajstić information content (AvgIpc) is 2.56. The van der Waals surface area contributed by atoms with E-state index in [2.05, 4.69) is 18.7 Å². The number of nitrogens with zero attached hydrogens (tertiary/aromatic N) is 1. The maximum absolute atomic E-state index is 9.95. The van der Waals surface area contributed by atoms with Gasteiger partial charge < -0.3 is 14.6 Å². The van der Waals surface area contributed by atoms with Crippen LogP contribution in [0, 0.1) is 0 Å². The Bertz CT molecular complexity index is 221. The lowest BCUT2D eigenvalue weighted by atomic mass is 10.0. The number of β-amino-alcohol motifs (C(OH)–C–C–N with tert-alkyl or cyclic N) is 1. The van der Waals surface area contributed by atoms with E-state index in [4.69, 9.17) is 9.47 Å². The highest BCUT2D eigenvalue weighted by molar-refractivity contribution is 4.88. The molecule has 1 aliphatic rings.